The highest BCUT2D eigenvalue weighted by atomic mass is 31.2. The molecule has 0 spiro atoms. The molecule has 6 rings (SSSR count). The van der Waals surface area contributed by atoms with Crippen molar-refractivity contribution in [3.05, 3.63) is 192 Å². The van der Waals surface area contributed by atoms with Gasteiger partial charge >= 0.3 is 0 Å². The van der Waals surface area contributed by atoms with Crippen molar-refractivity contribution in [1.29, 1.82) is 0 Å². The molecule has 0 aliphatic heterocycles. The Morgan fingerprint density at radius 1 is 0.409 bits per heavy atom. The molecular weight excluding hydrogens is 574 g/mol. The third-order valence-electron chi connectivity index (χ3n) is 7.78. The van der Waals surface area contributed by atoms with Crippen molar-refractivity contribution < 1.29 is 9.13 Å². The molecule has 0 bridgehead atoms. The summed E-state index contributed by atoms with van der Waals surface area (Å²) in [4.78, 5) is 0. The zero-order valence-electron chi connectivity index (χ0n) is 24.3. The second-order valence-electron chi connectivity index (χ2n) is 10.7. The van der Waals surface area contributed by atoms with Gasteiger partial charge in [0.2, 0.25) is 0 Å². The van der Waals surface area contributed by atoms with Crippen molar-refractivity contribution in [1.82, 2.24) is 0 Å². The monoisotopic (exact) mass is 606 g/mol. The molecule has 4 heteroatoms. The van der Waals surface area contributed by atoms with Crippen LogP contribution in [-0.4, -0.2) is 0 Å². The Morgan fingerprint density at radius 2 is 0.795 bits per heavy atom. The van der Waals surface area contributed by atoms with Crippen LogP contribution in [0.4, 0.5) is 0 Å². The Bertz CT molecular complexity index is 1910. The number of rotatable bonds is 8. The maximum Gasteiger partial charge on any atom is 0.147 e. The highest BCUT2D eigenvalue weighted by Gasteiger charge is 2.30. The van der Waals surface area contributed by atoms with Gasteiger partial charge in [-0.25, -0.2) is 0 Å². The van der Waals surface area contributed by atoms with Crippen LogP contribution in [0.3, 0.4) is 0 Å². The molecule has 0 aromatic heterocycles. The molecule has 6 aromatic rings. The summed E-state index contributed by atoms with van der Waals surface area (Å²) in [6.45, 7) is 0. The second-order valence-corrected chi connectivity index (χ2v) is 16.4. The van der Waals surface area contributed by atoms with E-state index in [0.717, 1.165) is 43.5 Å². The third-order valence-corrected chi connectivity index (χ3v) is 13.9. The molecule has 2 nitrogen and oxygen atoms in total. The van der Waals surface area contributed by atoms with E-state index < -0.39 is 14.3 Å². The van der Waals surface area contributed by atoms with E-state index in [0.29, 0.717) is 12.3 Å². The summed E-state index contributed by atoms with van der Waals surface area (Å²) in [5, 5.41) is 3.25. The van der Waals surface area contributed by atoms with Gasteiger partial charge in [0.1, 0.15) is 14.3 Å². The molecule has 0 amide bonds. The summed E-state index contributed by atoms with van der Waals surface area (Å²) in [6.07, 6.45) is 0.649. The minimum atomic E-state index is -3.09. The predicted octanol–water partition coefficient (Wildman–Crippen LogP) is 8.11. The minimum Gasteiger partial charge on any atom is -0.313 e. The first-order valence-electron chi connectivity index (χ1n) is 14.6. The van der Waals surface area contributed by atoms with E-state index in [2.05, 4.69) is 17.9 Å². The van der Waals surface area contributed by atoms with Crippen molar-refractivity contribution in [2.45, 2.75) is 12.3 Å². The quantitative estimate of drug-likeness (QED) is 0.130. The number of benzene rings is 6. The summed E-state index contributed by atoms with van der Waals surface area (Å²) >= 11 is 0. The lowest BCUT2D eigenvalue weighted by atomic mass is 10.1. The number of hydrogen-bond donors (Lipinski definition) is 0. The van der Waals surface area contributed by atoms with Gasteiger partial charge in [0.25, 0.3) is 0 Å². The molecule has 44 heavy (non-hydrogen) atoms. The molecule has 0 unspecified atom stereocenters. The van der Waals surface area contributed by atoms with Gasteiger partial charge in [0, 0.05) is 44.7 Å². The van der Waals surface area contributed by atoms with E-state index in [1.54, 1.807) is 0 Å². The van der Waals surface area contributed by atoms with Crippen molar-refractivity contribution in [3.8, 4) is 11.8 Å². The first-order chi connectivity index (χ1) is 21.5. The van der Waals surface area contributed by atoms with E-state index in [1.165, 1.54) is 0 Å². The summed E-state index contributed by atoms with van der Waals surface area (Å²) < 4.78 is 30.1. The molecule has 0 aliphatic carbocycles. The molecule has 6 aromatic carbocycles. The van der Waals surface area contributed by atoms with Crippen molar-refractivity contribution in [2.24, 2.45) is 0 Å². The van der Waals surface area contributed by atoms with Crippen LogP contribution in [-0.2, 0) is 21.5 Å². The van der Waals surface area contributed by atoms with Crippen molar-refractivity contribution in [3.63, 3.8) is 0 Å². The lowest BCUT2D eigenvalue weighted by Gasteiger charge is -2.22. The molecule has 214 valence electrons. The van der Waals surface area contributed by atoms with Crippen LogP contribution in [0, 0.1) is 11.8 Å². The largest absolute Gasteiger partial charge is 0.313 e. The van der Waals surface area contributed by atoms with Crippen LogP contribution in [0.15, 0.2) is 170 Å². The molecule has 0 aliphatic rings. The van der Waals surface area contributed by atoms with Crippen LogP contribution in [0.5, 0.6) is 0 Å². The second kappa shape index (κ2) is 13.3. The maximum atomic E-state index is 15.1. The highest BCUT2D eigenvalue weighted by Crippen LogP contribution is 2.49. The fraction of sp³-hybridized carbons (Fsp3) is 0.0500. The van der Waals surface area contributed by atoms with E-state index >= 15 is 4.57 Å². The summed E-state index contributed by atoms with van der Waals surface area (Å²) in [5.41, 5.74) is 3.54. The van der Waals surface area contributed by atoms with Crippen LogP contribution < -0.4 is 21.2 Å². The summed E-state index contributed by atoms with van der Waals surface area (Å²) in [5.74, 6) is 6.66. The van der Waals surface area contributed by atoms with Gasteiger partial charge in [-0.2, -0.15) is 0 Å². The fourth-order valence-corrected chi connectivity index (χ4v) is 10.9. The van der Waals surface area contributed by atoms with Gasteiger partial charge in [0.05, 0.1) is 0 Å². The van der Waals surface area contributed by atoms with Crippen LogP contribution >= 0.6 is 14.3 Å². The Kier molecular flexibility index (Phi) is 8.91. The molecule has 0 fully saturated rings. The van der Waals surface area contributed by atoms with E-state index in [9.17, 15) is 4.57 Å². The van der Waals surface area contributed by atoms with Crippen LogP contribution in [0.1, 0.15) is 22.3 Å². The molecular formula is C40H32O2P2. The van der Waals surface area contributed by atoms with Gasteiger partial charge in [-0.3, -0.25) is 0 Å². The highest BCUT2D eigenvalue weighted by molar-refractivity contribution is 7.78. The summed E-state index contributed by atoms with van der Waals surface area (Å²) in [6, 6.07) is 54.9. The zero-order valence-corrected chi connectivity index (χ0v) is 26.1. The Hall–Kier alpha value is -4.66. The first-order valence-corrected chi connectivity index (χ1v) is 18.4. The molecule has 0 atom stereocenters. The molecule has 0 saturated heterocycles. The van der Waals surface area contributed by atoms with Crippen LogP contribution in [0.2, 0.25) is 0 Å². The standard InChI is InChI=1S/C40H32O2P2/c41-43(37-18-8-2-9-19-37,38-20-10-3-11-21-38)31-34-27-29-35(28-26-33-16-6-1-7-17-33)36(30-34)32-44(42,39-22-12-4-13-23-39)40-24-14-5-15-25-40/h1-25,27,29-30H,31-32H2. The average Bonchev–Trinajstić information content (AvgIpc) is 3.10. The van der Waals surface area contributed by atoms with Gasteiger partial charge < -0.3 is 9.13 Å². The molecule has 0 radical (unpaired) electrons. The molecule has 0 heterocycles. The normalized spacial score (nSPS) is 11.4. The van der Waals surface area contributed by atoms with Gasteiger partial charge in [-0.05, 0) is 29.3 Å². The Balaban J connectivity index is 1.49. The van der Waals surface area contributed by atoms with E-state index in [-0.39, 0.29) is 0 Å². The summed E-state index contributed by atoms with van der Waals surface area (Å²) in [7, 11) is -6.11. The molecule has 0 saturated carbocycles. The first kappa shape index (κ1) is 29.4. The van der Waals surface area contributed by atoms with Crippen molar-refractivity contribution >= 4 is 35.5 Å². The average molecular weight is 607 g/mol. The van der Waals surface area contributed by atoms with Gasteiger partial charge in [-0.1, -0.05) is 164 Å². The third kappa shape index (κ3) is 6.46. The Labute approximate surface area is 260 Å². The van der Waals surface area contributed by atoms with Gasteiger partial charge in [0.15, 0.2) is 0 Å². The van der Waals surface area contributed by atoms with Crippen molar-refractivity contribution in [2.75, 3.05) is 0 Å². The SMILES string of the molecule is O=P(Cc1ccc(C#Cc2ccccc2)c(CP(=O)(c2ccccc2)c2ccccc2)c1)(c1ccccc1)c1ccccc1. The smallest absolute Gasteiger partial charge is 0.147 e. The Morgan fingerprint density at radius 3 is 1.23 bits per heavy atom. The molecule has 0 N–H and O–H groups in total. The van der Waals surface area contributed by atoms with Crippen LogP contribution in [0.25, 0.3) is 0 Å². The zero-order chi connectivity index (χ0) is 30.2. The maximum absolute atomic E-state index is 15.1. The van der Waals surface area contributed by atoms with E-state index in [1.807, 2.05) is 164 Å². The fourth-order valence-electron chi connectivity index (χ4n) is 5.49. The van der Waals surface area contributed by atoms with E-state index in [4.69, 9.17) is 0 Å². The lowest BCUT2D eigenvalue weighted by molar-refractivity contribution is 0.586. The van der Waals surface area contributed by atoms with Gasteiger partial charge in [-0.15, -0.1) is 0 Å². The minimum absolute atomic E-state index is 0.300. The predicted molar refractivity (Wildman–Crippen MR) is 186 cm³/mol. The topological polar surface area (TPSA) is 34.1 Å². The lowest BCUT2D eigenvalue weighted by Crippen LogP contribution is -2.18. The number of hydrogen-bond acceptors (Lipinski definition) is 2.